The first-order valence-corrected chi connectivity index (χ1v) is 6.46. The van der Waals surface area contributed by atoms with Gasteiger partial charge in [0.15, 0.2) is 0 Å². The van der Waals surface area contributed by atoms with Crippen LogP contribution in [0.5, 0.6) is 5.75 Å². The average molecular weight is 234 g/mol. The Kier molecular flexibility index (Phi) is 4.40. The predicted molar refractivity (Wildman–Crippen MR) is 70.2 cm³/mol. The summed E-state index contributed by atoms with van der Waals surface area (Å²) in [6.07, 6.45) is 2.67. The zero-order valence-electron chi connectivity index (χ0n) is 10.6. The van der Waals surface area contributed by atoms with Crippen molar-refractivity contribution in [3.05, 3.63) is 29.8 Å². The van der Waals surface area contributed by atoms with Gasteiger partial charge in [-0.05, 0) is 50.6 Å². The largest absolute Gasteiger partial charge is 0.492 e. The molecule has 1 heterocycles. The zero-order chi connectivity index (χ0) is 12.1. The Morgan fingerprint density at radius 3 is 2.47 bits per heavy atom. The van der Waals surface area contributed by atoms with E-state index >= 15 is 0 Å². The van der Waals surface area contributed by atoms with Crippen LogP contribution in [0, 0.1) is 0 Å². The molecule has 3 heteroatoms. The van der Waals surface area contributed by atoms with E-state index in [1.165, 1.54) is 25.9 Å². The summed E-state index contributed by atoms with van der Waals surface area (Å²) in [5.41, 5.74) is 6.95. The molecule has 0 unspecified atom stereocenters. The van der Waals surface area contributed by atoms with Crippen LogP contribution >= 0.6 is 0 Å². The van der Waals surface area contributed by atoms with E-state index in [4.69, 9.17) is 10.5 Å². The van der Waals surface area contributed by atoms with E-state index in [0.717, 1.165) is 24.5 Å². The molecule has 0 radical (unpaired) electrons. The Balaban J connectivity index is 1.74. The van der Waals surface area contributed by atoms with Crippen molar-refractivity contribution in [2.45, 2.75) is 25.8 Å². The fraction of sp³-hybridized carbons (Fsp3) is 0.571. The molecule has 1 atom stereocenters. The number of rotatable bonds is 5. The predicted octanol–water partition coefficient (Wildman–Crippen LogP) is 2.18. The summed E-state index contributed by atoms with van der Waals surface area (Å²) in [6, 6.07) is 8.17. The van der Waals surface area contributed by atoms with Gasteiger partial charge in [0, 0.05) is 12.6 Å². The highest BCUT2D eigenvalue weighted by Crippen LogP contribution is 2.16. The van der Waals surface area contributed by atoms with Crippen LogP contribution in [0.3, 0.4) is 0 Å². The van der Waals surface area contributed by atoms with Crippen LogP contribution in [0.4, 0.5) is 0 Å². The summed E-state index contributed by atoms with van der Waals surface area (Å²) >= 11 is 0. The molecule has 17 heavy (non-hydrogen) atoms. The third kappa shape index (κ3) is 3.72. The molecule has 0 saturated carbocycles. The van der Waals surface area contributed by atoms with Gasteiger partial charge >= 0.3 is 0 Å². The first-order valence-electron chi connectivity index (χ1n) is 6.46. The number of hydrogen-bond donors (Lipinski definition) is 1. The zero-order valence-corrected chi connectivity index (χ0v) is 10.6. The minimum Gasteiger partial charge on any atom is -0.492 e. The lowest BCUT2D eigenvalue weighted by molar-refractivity contribution is 0.237. The highest BCUT2D eigenvalue weighted by Gasteiger charge is 2.10. The van der Waals surface area contributed by atoms with Gasteiger partial charge in [0.05, 0.1) is 0 Å². The lowest BCUT2D eigenvalue weighted by Crippen LogP contribution is -2.25. The molecule has 1 aromatic rings. The number of benzene rings is 1. The Morgan fingerprint density at radius 2 is 1.88 bits per heavy atom. The Labute approximate surface area is 104 Å². The van der Waals surface area contributed by atoms with Crippen LogP contribution in [-0.2, 0) is 0 Å². The number of nitrogens with zero attached hydrogens (tertiary/aromatic N) is 1. The third-order valence-corrected chi connectivity index (χ3v) is 3.28. The molecule has 2 N–H and O–H groups in total. The maximum absolute atomic E-state index is 5.80. The quantitative estimate of drug-likeness (QED) is 0.848. The van der Waals surface area contributed by atoms with E-state index in [1.54, 1.807) is 0 Å². The first-order chi connectivity index (χ1) is 8.25. The molecular formula is C14H22N2O. The Hall–Kier alpha value is -1.06. The molecule has 2 rings (SSSR count). The van der Waals surface area contributed by atoms with Crippen molar-refractivity contribution in [1.82, 2.24) is 4.90 Å². The molecule has 94 valence electrons. The normalized spacial score (nSPS) is 18.2. The van der Waals surface area contributed by atoms with Crippen LogP contribution in [0.15, 0.2) is 24.3 Å². The van der Waals surface area contributed by atoms with Gasteiger partial charge in [0.2, 0.25) is 0 Å². The average Bonchev–Trinajstić information content (AvgIpc) is 2.83. The summed E-state index contributed by atoms with van der Waals surface area (Å²) in [4.78, 5) is 2.45. The van der Waals surface area contributed by atoms with E-state index in [-0.39, 0.29) is 6.04 Å². The van der Waals surface area contributed by atoms with Crippen molar-refractivity contribution < 1.29 is 4.74 Å². The topological polar surface area (TPSA) is 38.5 Å². The molecule has 0 amide bonds. The van der Waals surface area contributed by atoms with Gasteiger partial charge in [-0.3, -0.25) is 4.90 Å². The second kappa shape index (κ2) is 6.03. The van der Waals surface area contributed by atoms with E-state index in [0.29, 0.717) is 0 Å². The smallest absolute Gasteiger partial charge is 0.119 e. The van der Waals surface area contributed by atoms with Gasteiger partial charge in [0.1, 0.15) is 12.4 Å². The van der Waals surface area contributed by atoms with Gasteiger partial charge < -0.3 is 10.5 Å². The first kappa shape index (κ1) is 12.4. The van der Waals surface area contributed by atoms with Crippen molar-refractivity contribution >= 4 is 0 Å². The number of nitrogens with two attached hydrogens (primary N) is 1. The maximum atomic E-state index is 5.80. The molecule has 1 aliphatic heterocycles. The van der Waals surface area contributed by atoms with Crippen LogP contribution in [0.25, 0.3) is 0 Å². The lowest BCUT2D eigenvalue weighted by atomic mass is 10.1. The summed E-state index contributed by atoms with van der Waals surface area (Å²) in [6.45, 7) is 6.26. The van der Waals surface area contributed by atoms with Crippen molar-refractivity contribution in [3.8, 4) is 5.75 Å². The van der Waals surface area contributed by atoms with Gasteiger partial charge in [-0.15, -0.1) is 0 Å². The maximum Gasteiger partial charge on any atom is 0.119 e. The monoisotopic (exact) mass is 234 g/mol. The van der Waals surface area contributed by atoms with Gasteiger partial charge in [-0.25, -0.2) is 0 Å². The molecule has 0 spiro atoms. The van der Waals surface area contributed by atoms with Gasteiger partial charge in [-0.1, -0.05) is 12.1 Å². The molecule has 0 aliphatic carbocycles. The minimum atomic E-state index is 0.0913. The van der Waals surface area contributed by atoms with Gasteiger partial charge in [-0.2, -0.15) is 0 Å². The summed E-state index contributed by atoms with van der Waals surface area (Å²) in [7, 11) is 0. The van der Waals surface area contributed by atoms with Crippen LogP contribution in [0.1, 0.15) is 31.4 Å². The minimum absolute atomic E-state index is 0.0913. The third-order valence-electron chi connectivity index (χ3n) is 3.28. The Bertz CT molecular complexity index is 329. The second-order valence-corrected chi connectivity index (χ2v) is 4.75. The fourth-order valence-electron chi connectivity index (χ4n) is 2.17. The fourth-order valence-corrected chi connectivity index (χ4v) is 2.17. The van der Waals surface area contributed by atoms with Crippen molar-refractivity contribution in [2.75, 3.05) is 26.2 Å². The van der Waals surface area contributed by atoms with Crippen molar-refractivity contribution in [2.24, 2.45) is 5.73 Å². The number of ether oxygens (including phenoxy) is 1. The molecule has 1 aliphatic rings. The molecule has 1 fully saturated rings. The van der Waals surface area contributed by atoms with Gasteiger partial charge in [0.25, 0.3) is 0 Å². The molecule has 1 saturated heterocycles. The summed E-state index contributed by atoms with van der Waals surface area (Å²) in [5, 5.41) is 0. The van der Waals surface area contributed by atoms with Crippen LogP contribution in [-0.4, -0.2) is 31.1 Å². The standard InChI is InChI=1S/C14H22N2O/c1-12(15)13-4-6-14(7-5-13)17-11-10-16-8-2-3-9-16/h4-7,12H,2-3,8-11,15H2,1H3/t12-/m0/s1. The molecule has 3 nitrogen and oxygen atoms in total. The number of hydrogen-bond acceptors (Lipinski definition) is 3. The lowest BCUT2D eigenvalue weighted by Gasteiger charge is -2.15. The molecule has 0 bridgehead atoms. The van der Waals surface area contributed by atoms with Crippen LogP contribution in [0.2, 0.25) is 0 Å². The van der Waals surface area contributed by atoms with E-state index in [9.17, 15) is 0 Å². The van der Waals surface area contributed by atoms with E-state index in [2.05, 4.69) is 4.90 Å². The van der Waals surface area contributed by atoms with E-state index < -0.39 is 0 Å². The SMILES string of the molecule is C[C@H](N)c1ccc(OCCN2CCCC2)cc1. The molecule has 1 aromatic carbocycles. The highest BCUT2D eigenvalue weighted by molar-refractivity contribution is 5.28. The second-order valence-electron chi connectivity index (χ2n) is 4.75. The molecule has 0 aromatic heterocycles. The van der Waals surface area contributed by atoms with E-state index in [1.807, 2.05) is 31.2 Å². The van der Waals surface area contributed by atoms with Crippen molar-refractivity contribution in [3.63, 3.8) is 0 Å². The number of likely N-dealkylation sites (tertiary alicyclic amines) is 1. The molecular weight excluding hydrogens is 212 g/mol. The van der Waals surface area contributed by atoms with Crippen molar-refractivity contribution in [1.29, 1.82) is 0 Å². The summed E-state index contributed by atoms with van der Waals surface area (Å²) in [5.74, 6) is 0.939. The Morgan fingerprint density at radius 1 is 1.24 bits per heavy atom. The highest BCUT2D eigenvalue weighted by atomic mass is 16.5. The summed E-state index contributed by atoms with van der Waals surface area (Å²) < 4.78 is 5.72. The van der Waals surface area contributed by atoms with Crippen LogP contribution < -0.4 is 10.5 Å².